The summed E-state index contributed by atoms with van der Waals surface area (Å²) < 4.78 is 3.13. The highest BCUT2D eigenvalue weighted by Crippen LogP contribution is 2.38. The Hall–Kier alpha value is -1.65. The molecular weight excluding hydrogens is 302 g/mol. The molecule has 0 radical (unpaired) electrons. The minimum absolute atomic E-state index is 0.738. The van der Waals surface area contributed by atoms with Crippen LogP contribution in [0.15, 0.2) is 24.3 Å². The molecule has 1 aliphatic heterocycles. The van der Waals surface area contributed by atoms with Crippen LogP contribution >= 0.6 is 22.9 Å². The molecule has 108 valence electrons. The molecule has 0 spiro atoms. The number of benzene rings is 2. The lowest BCUT2D eigenvalue weighted by molar-refractivity contribution is 0.812. The zero-order valence-corrected chi connectivity index (χ0v) is 14.1. The van der Waals surface area contributed by atoms with Crippen LogP contribution in [0.25, 0.3) is 20.8 Å². The summed E-state index contributed by atoms with van der Waals surface area (Å²) >= 11 is 8.17. The maximum atomic E-state index is 6.48. The molecule has 0 atom stereocenters. The van der Waals surface area contributed by atoms with Gasteiger partial charge in [-0.05, 0) is 24.6 Å². The fourth-order valence-corrected chi connectivity index (χ4v) is 3.85. The Labute approximate surface area is 132 Å². The maximum absolute atomic E-state index is 6.48. The molecule has 0 aromatic heterocycles. The molecule has 1 N–H and O–H groups in total. The normalized spacial score (nSPS) is 11.1. The van der Waals surface area contributed by atoms with Gasteiger partial charge in [0.25, 0.3) is 0 Å². The van der Waals surface area contributed by atoms with Gasteiger partial charge in [0, 0.05) is 19.2 Å². The van der Waals surface area contributed by atoms with E-state index < -0.39 is 0 Å². The van der Waals surface area contributed by atoms with Crippen LogP contribution in [0.5, 0.6) is 0 Å². The summed E-state index contributed by atoms with van der Waals surface area (Å²) in [4.78, 5) is 5.95. The van der Waals surface area contributed by atoms with E-state index in [2.05, 4.69) is 28.9 Å². The molecule has 1 aromatic rings. The van der Waals surface area contributed by atoms with Crippen molar-refractivity contribution in [3.05, 3.63) is 40.2 Å². The number of nitrogens with one attached hydrogen (secondary N) is 1. The number of hydrogen-bond acceptors (Lipinski definition) is 3. The first-order valence-electron chi connectivity index (χ1n) is 6.73. The van der Waals surface area contributed by atoms with Crippen LogP contribution in [0.4, 0.5) is 5.69 Å². The Morgan fingerprint density at radius 2 is 2.00 bits per heavy atom. The summed E-state index contributed by atoms with van der Waals surface area (Å²) in [7, 11) is 5.97. The van der Waals surface area contributed by atoms with Crippen molar-refractivity contribution in [2.24, 2.45) is 0 Å². The lowest BCUT2D eigenvalue weighted by atomic mass is 10.1. The standard InChI is InChI=1S/C16H16ClN3S/c1-9-7-10(20(3)4)8-13-15(9)19-12-6-5-11(18-2)14(17)16(12)21-13/h5-8H,1-4H3/p+1. The second-order valence-corrected chi connectivity index (χ2v) is 6.67. The third-order valence-electron chi connectivity index (χ3n) is 3.56. The van der Waals surface area contributed by atoms with Crippen LogP contribution < -0.4 is 15.2 Å². The topological polar surface area (TPSA) is 27.9 Å². The predicted octanol–water partition coefficient (Wildman–Crippen LogP) is 3.44. The average Bonchev–Trinajstić information content (AvgIpc) is 2.46. The minimum Gasteiger partial charge on any atom is -0.387 e. The second-order valence-electron chi connectivity index (χ2n) is 5.24. The van der Waals surface area contributed by atoms with Gasteiger partial charge in [-0.25, -0.2) is 9.56 Å². The number of aryl methyl sites for hydroxylation is 1. The van der Waals surface area contributed by atoms with Crippen molar-refractivity contribution in [3.63, 3.8) is 0 Å². The van der Waals surface area contributed by atoms with Gasteiger partial charge in [-0.3, -0.25) is 0 Å². The highest BCUT2D eigenvalue weighted by molar-refractivity contribution is 7.22. The number of rotatable bonds is 1. The van der Waals surface area contributed by atoms with Gasteiger partial charge in [0.15, 0.2) is 0 Å². The van der Waals surface area contributed by atoms with E-state index in [0.717, 1.165) is 31.5 Å². The Morgan fingerprint density at radius 1 is 1.24 bits per heavy atom. The van der Waals surface area contributed by atoms with Crippen LogP contribution in [0.3, 0.4) is 0 Å². The first-order chi connectivity index (χ1) is 10.0. The van der Waals surface area contributed by atoms with Crippen LogP contribution in [-0.2, 0) is 0 Å². The highest BCUT2D eigenvalue weighted by atomic mass is 35.5. The highest BCUT2D eigenvalue weighted by Gasteiger charge is 2.15. The molecule has 0 fully saturated rings. The monoisotopic (exact) mass is 318 g/mol. The number of hydrogen-bond donors (Lipinski definition) is 1. The van der Waals surface area contributed by atoms with Crippen LogP contribution in [0.2, 0.25) is 5.02 Å². The molecule has 21 heavy (non-hydrogen) atoms. The Morgan fingerprint density at radius 3 is 2.67 bits per heavy atom. The summed E-state index contributed by atoms with van der Waals surface area (Å²) in [6, 6.07) is 8.32. The number of nitrogens with zero attached hydrogens (tertiary/aromatic N) is 2. The molecule has 0 saturated heterocycles. The van der Waals surface area contributed by atoms with E-state index in [1.165, 1.54) is 10.9 Å². The molecule has 3 nitrogen and oxygen atoms in total. The molecule has 5 heteroatoms. The van der Waals surface area contributed by atoms with Crippen molar-refractivity contribution >= 4 is 38.8 Å². The Bertz CT molecular complexity index is 879. The fraction of sp³-hybridized carbons (Fsp3) is 0.250. The zero-order chi connectivity index (χ0) is 15.1. The molecule has 0 saturated carbocycles. The van der Waals surface area contributed by atoms with E-state index in [4.69, 9.17) is 16.6 Å². The van der Waals surface area contributed by atoms with E-state index in [-0.39, 0.29) is 0 Å². The van der Waals surface area contributed by atoms with Gasteiger partial charge in [0.2, 0.25) is 5.36 Å². The maximum Gasteiger partial charge on any atom is 0.201 e. The lowest BCUT2D eigenvalue weighted by Crippen LogP contribution is -2.22. The van der Waals surface area contributed by atoms with E-state index in [9.17, 15) is 0 Å². The van der Waals surface area contributed by atoms with Gasteiger partial charge >= 0.3 is 0 Å². The molecule has 1 aromatic carbocycles. The van der Waals surface area contributed by atoms with Crippen molar-refractivity contribution in [1.82, 2.24) is 9.56 Å². The third kappa shape index (κ3) is 2.39. The van der Waals surface area contributed by atoms with Crippen molar-refractivity contribution in [2.45, 2.75) is 6.92 Å². The smallest absolute Gasteiger partial charge is 0.201 e. The van der Waals surface area contributed by atoms with Crippen LogP contribution in [0, 0.1) is 6.92 Å². The van der Waals surface area contributed by atoms with Crippen LogP contribution in [-0.4, -0.2) is 26.1 Å². The van der Waals surface area contributed by atoms with Gasteiger partial charge < -0.3 is 5.32 Å². The molecular formula is C16H17ClN3S+. The second kappa shape index (κ2) is 5.28. The molecule has 2 aliphatic rings. The van der Waals surface area contributed by atoms with E-state index in [1.807, 2.05) is 33.3 Å². The van der Waals surface area contributed by atoms with Gasteiger partial charge in [0.1, 0.15) is 14.1 Å². The number of fused-ring (bicyclic) bond motifs is 2. The fourth-order valence-electron chi connectivity index (χ4n) is 2.36. The van der Waals surface area contributed by atoms with E-state index in [1.54, 1.807) is 11.3 Å². The predicted molar refractivity (Wildman–Crippen MR) is 92.7 cm³/mol. The molecule has 1 heterocycles. The van der Waals surface area contributed by atoms with Gasteiger partial charge in [-0.15, -0.1) is 11.3 Å². The summed E-state index contributed by atoms with van der Waals surface area (Å²) in [6.45, 7) is 2.10. The summed E-state index contributed by atoms with van der Waals surface area (Å²) in [6.07, 6.45) is 0. The first-order valence-corrected chi connectivity index (χ1v) is 7.92. The lowest BCUT2D eigenvalue weighted by Gasteiger charge is -2.11. The number of anilines is 1. The van der Waals surface area contributed by atoms with Crippen molar-refractivity contribution in [2.75, 3.05) is 26.5 Å². The summed E-state index contributed by atoms with van der Waals surface area (Å²) in [5.74, 6) is 0. The minimum atomic E-state index is 0.738. The van der Waals surface area contributed by atoms with Crippen molar-refractivity contribution < 1.29 is 0 Å². The first kappa shape index (κ1) is 14.3. The average molecular weight is 319 g/mol. The zero-order valence-electron chi connectivity index (χ0n) is 12.5. The van der Waals surface area contributed by atoms with Gasteiger partial charge in [-0.2, -0.15) is 0 Å². The molecule has 1 aliphatic carbocycles. The number of aromatic nitrogens is 1. The SMILES string of the molecule is CNc1ccc2nc3c(C)cc(=[N+](C)C)cc-3sc2c1Cl. The molecule has 0 bridgehead atoms. The van der Waals surface area contributed by atoms with Gasteiger partial charge in [0.05, 0.1) is 31.5 Å². The van der Waals surface area contributed by atoms with Crippen molar-refractivity contribution in [3.8, 4) is 10.6 Å². The Balaban J connectivity index is 2.45. The van der Waals surface area contributed by atoms with Gasteiger partial charge in [-0.1, -0.05) is 11.6 Å². The third-order valence-corrected chi connectivity index (χ3v) is 5.21. The Kier molecular flexibility index (Phi) is 3.59. The molecule has 0 unspecified atom stereocenters. The van der Waals surface area contributed by atoms with Crippen molar-refractivity contribution in [1.29, 1.82) is 0 Å². The quantitative estimate of drug-likeness (QED) is 0.550. The summed E-state index contributed by atoms with van der Waals surface area (Å²) in [5.41, 5.74) is 4.11. The largest absolute Gasteiger partial charge is 0.387 e. The molecule has 3 rings (SSSR count). The van der Waals surface area contributed by atoms with E-state index in [0.29, 0.717) is 0 Å². The molecule has 0 amide bonds. The van der Waals surface area contributed by atoms with Crippen LogP contribution in [0.1, 0.15) is 5.56 Å². The number of halogens is 1. The summed E-state index contributed by atoms with van der Waals surface area (Å²) in [5, 5.41) is 5.03. The van der Waals surface area contributed by atoms with E-state index >= 15 is 0 Å².